The highest BCUT2D eigenvalue weighted by atomic mass is 16.6. The minimum atomic E-state index is -0.230. The van der Waals surface area contributed by atoms with Crippen molar-refractivity contribution in [1.82, 2.24) is 0 Å². The number of nitrogens with one attached hydrogen (secondary N) is 1. The van der Waals surface area contributed by atoms with Gasteiger partial charge in [0.1, 0.15) is 6.61 Å². The van der Waals surface area contributed by atoms with Gasteiger partial charge in [-0.05, 0) is 24.6 Å². The van der Waals surface area contributed by atoms with Gasteiger partial charge in [-0.1, -0.05) is 18.2 Å². The molecule has 0 atom stereocenters. The van der Waals surface area contributed by atoms with Gasteiger partial charge in [-0.3, -0.25) is 4.79 Å². The van der Waals surface area contributed by atoms with Gasteiger partial charge in [-0.2, -0.15) is 0 Å². The van der Waals surface area contributed by atoms with Crippen molar-refractivity contribution in [3.8, 4) is 0 Å². The summed E-state index contributed by atoms with van der Waals surface area (Å²) in [5.41, 5.74) is 1.94. The summed E-state index contributed by atoms with van der Waals surface area (Å²) in [7, 11) is 0. The topological polar surface area (TPSA) is 47.6 Å². The van der Waals surface area contributed by atoms with E-state index in [0.29, 0.717) is 19.8 Å². The number of hydrogen-bond donors (Lipinski definition) is 1. The zero-order valence-corrected chi connectivity index (χ0v) is 11.4. The SMILES string of the molecule is C=CCNc1ccc(CC(=O)OCCOCC)cc1. The summed E-state index contributed by atoms with van der Waals surface area (Å²) in [6.45, 7) is 7.67. The molecule has 1 aromatic carbocycles. The van der Waals surface area contributed by atoms with Gasteiger partial charge >= 0.3 is 5.97 Å². The van der Waals surface area contributed by atoms with Gasteiger partial charge in [0.15, 0.2) is 0 Å². The Bertz CT molecular complexity index is 387. The van der Waals surface area contributed by atoms with E-state index in [1.807, 2.05) is 31.2 Å². The highest BCUT2D eigenvalue weighted by Gasteiger charge is 2.04. The molecule has 0 heterocycles. The maximum absolute atomic E-state index is 11.5. The Balaban J connectivity index is 2.31. The maximum atomic E-state index is 11.5. The molecule has 1 rings (SSSR count). The van der Waals surface area contributed by atoms with Gasteiger partial charge in [-0.15, -0.1) is 6.58 Å². The lowest BCUT2D eigenvalue weighted by Crippen LogP contribution is -2.12. The number of carbonyl (C=O) groups excluding carboxylic acids is 1. The normalized spacial score (nSPS) is 9.95. The number of hydrogen-bond acceptors (Lipinski definition) is 4. The molecular weight excluding hydrogens is 242 g/mol. The van der Waals surface area contributed by atoms with E-state index in [0.717, 1.165) is 17.8 Å². The fourth-order valence-electron chi connectivity index (χ4n) is 1.51. The summed E-state index contributed by atoms with van der Waals surface area (Å²) >= 11 is 0. The smallest absolute Gasteiger partial charge is 0.310 e. The number of carbonyl (C=O) groups is 1. The summed E-state index contributed by atoms with van der Waals surface area (Å²) in [5.74, 6) is -0.230. The van der Waals surface area contributed by atoms with Gasteiger partial charge in [0.25, 0.3) is 0 Å². The lowest BCUT2D eigenvalue weighted by atomic mass is 10.1. The molecule has 0 unspecified atom stereocenters. The molecular formula is C15H21NO3. The number of anilines is 1. The molecule has 0 radical (unpaired) electrons. The fraction of sp³-hybridized carbons (Fsp3) is 0.400. The number of benzene rings is 1. The van der Waals surface area contributed by atoms with Crippen LogP contribution in [0.3, 0.4) is 0 Å². The van der Waals surface area contributed by atoms with Crippen molar-refractivity contribution >= 4 is 11.7 Å². The van der Waals surface area contributed by atoms with E-state index in [1.54, 1.807) is 6.08 Å². The quantitative estimate of drug-likeness (QED) is 0.422. The molecule has 0 aliphatic heterocycles. The zero-order valence-electron chi connectivity index (χ0n) is 11.4. The van der Waals surface area contributed by atoms with E-state index in [9.17, 15) is 4.79 Å². The van der Waals surface area contributed by atoms with Gasteiger partial charge in [0.2, 0.25) is 0 Å². The Morgan fingerprint density at radius 3 is 2.68 bits per heavy atom. The van der Waals surface area contributed by atoms with Crippen LogP contribution in [0, 0.1) is 0 Å². The third-order valence-electron chi connectivity index (χ3n) is 2.45. The zero-order chi connectivity index (χ0) is 13.9. The lowest BCUT2D eigenvalue weighted by Gasteiger charge is -2.06. The van der Waals surface area contributed by atoms with Gasteiger partial charge in [-0.25, -0.2) is 0 Å². The second kappa shape index (κ2) is 9.16. The number of ether oxygens (including phenoxy) is 2. The first-order valence-corrected chi connectivity index (χ1v) is 6.43. The van der Waals surface area contributed by atoms with Crippen LogP contribution in [0.15, 0.2) is 36.9 Å². The highest BCUT2D eigenvalue weighted by molar-refractivity contribution is 5.72. The molecule has 0 spiro atoms. The second-order valence-corrected chi connectivity index (χ2v) is 3.96. The molecule has 1 N–H and O–H groups in total. The summed E-state index contributed by atoms with van der Waals surface area (Å²) in [4.78, 5) is 11.5. The molecule has 0 fully saturated rings. The summed E-state index contributed by atoms with van der Waals surface area (Å²) in [6, 6.07) is 7.70. The average Bonchev–Trinajstić information content (AvgIpc) is 2.43. The van der Waals surface area contributed by atoms with Crippen LogP contribution >= 0.6 is 0 Å². The molecule has 0 bridgehead atoms. The van der Waals surface area contributed by atoms with Crippen molar-refractivity contribution in [2.75, 3.05) is 31.7 Å². The Hall–Kier alpha value is -1.81. The van der Waals surface area contributed by atoms with E-state index in [1.165, 1.54) is 0 Å². The third kappa shape index (κ3) is 6.62. The van der Waals surface area contributed by atoms with Crippen LogP contribution in [0.4, 0.5) is 5.69 Å². The lowest BCUT2D eigenvalue weighted by molar-refractivity contribution is -0.144. The Kier molecular flexibility index (Phi) is 7.35. The predicted molar refractivity (Wildman–Crippen MR) is 76.3 cm³/mol. The molecule has 0 aliphatic rings. The molecule has 4 heteroatoms. The maximum Gasteiger partial charge on any atom is 0.310 e. The van der Waals surface area contributed by atoms with Gasteiger partial charge < -0.3 is 14.8 Å². The van der Waals surface area contributed by atoms with Crippen LogP contribution in [-0.2, 0) is 20.7 Å². The Labute approximate surface area is 114 Å². The van der Waals surface area contributed by atoms with Crippen molar-refractivity contribution in [3.05, 3.63) is 42.5 Å². The van der Waals surface area contributed by atoms with Crippen LogP contribution in [0.2, 0.25) is 0 Å². The number of rotatable bonds is 9. The Morgan fingerprint density at radius 1 is 1.32 bits per heavy atom. The molecule has 19 heavy (non-hydrogen) atoms. The molecule has 0 saturated heterocycles. The molecule has 0 saturated carbocycles. The Morgan fingerprint density at radius 2 is 2.05 bits per heavy atom. The van der Waals surface area contributed by atoms with E-state index in [2.05, 4.69) is 11.9 Å². The van der Waals surface area contributed by atoms with E-state index in [-0.39, 0.29) is 12.4 Å². The summed E-state index contributed by atoms with van der Waals surface area (Å²) in [5, 5.41) is 3.17. The standard InChI is InChI=1S/C15H21NO3/c1-3-9-16-14-7-5-13(6-8-14)12-15(17)19-11-10-18-4-2/h3,5-8,16H,1,4,9-12H2,2H3. The van der Waals surface area contributed by atoms with E-state index < -0.39 is 0 Å². The third-order valence-corrected chi connectivity index (χ3v) is 2.45. The van der Waals surface area contributed by atoms with Crippen molar-refractivity contribution < 1.29 is 14.3 Å². The largest absolute Gasteiger partial charge is 0.463 e. The fourth-order valence-corrected chi connectivity index (χ4v) is 1.51. The molecule has 0 aromatic heterocycles. The summed E-state index contributed by atoms with van der Waals surface area (Å²) < 4.78 is 10.1. The first-order chi connectivity index (χ1) is 9.26. The summed E-state index contributed by atoms with van der Waals surface area (Å²) in [6.07, 6.45) is 2.08. The molecule has 1 aromatic rings. The van der Waals surface area contributed by atoms with Crippen molar-refractivity contribution in [2.24, 2.45) is 0 Å². The van der Waals surface area contributed by atoms with Crippen molar-refractivity contribution in [2.45, 2.75) is 13.3 Å². The average molecular weight is 263 g/mol. The highest BCUT2D eigenvalue weighted by Crippen LogP contribution is 2.10. The van der Waals surface area contributed by atoms with Crippen molar-refractivity contribution in [3.63, 3.8) is 0 Å². The van der Waals surface area contributed by atoms with Crippen LogP contribution in [-0.4, -0.2) is 32.3 Å². The first kappa shape index (κ1) is 15.2. The van der Waals surface area contributed by atoms with Gasteiger partial charge in [0, 0.05) is 18.8 Å². The second-order valence-electron chi connectivity index (χ2n) is 3.96. The van der Waals surface area contributed by atoms with Crippen LogP contribution < -0.4 is 5.32 Å². The van der Waals surface area contributed by atoms with Crippen LogP contribution in [0.1, 0.15) is 12.5 Å². The van der Waals surface area contributed by atoms with Crippen molar-refractivity contribution in [1.29, 1.82) is 0 Å². The van der Waals surface area contributed by atoms with E-state index in [4.69, 9.17) is 9.47 Å². The molecule has 104 valence electrons. The van der Waals surface area contributed by atoms with Crippen LogP contribution in [0.5, 0.6) is 0 Å². The minimum Gasteiger partial charge on any atom is -0.463 e. The molecule has 4 nitrogen and oxygen atoms in total. The van der Waals surface area contributed by atoms with Crippen LogP contribution in [0.25, 0.3) is 0 Å². The van der Waals surface area contributed by atoms with E-state index >= 15 is 0 Å². The molecule has 0 amide bonds. The molecule has 0 aliphatic carbocycles. The minimum absolute atomic E-state index is 0.230. The predicted octanol–water partition coefficient (Wildman–Crippen LogP) is 2.41. The first-order valence-electron chi connectivity index (χ1n) is 6.43. The van der Waals surface area contributed by atoms with Gasteiger partial charge in [0.05, 0.1) is 13.0 Å². The number of esters is 1. The monoisotopic (exact) mass is 263 g/mol.